The third-order valence-electron chi connectivity index (χ3n) is 4.09. The zero-order chi connectivity index (χ0) is 16.8. The van der Waals surface area contributed by atoms with E-state index in [1.165, 1.54) is 7.11 Å². The van der Waals surface area contributed by atoms with Crippen molar-refractivity contribution in [3.8, 4) is 11.5 Å². The van der Waals surface area contributed by atoms with Crippen molar-refractivity contribution in [2.75, 3.05) is 33.9 Å². The van der Waals surface area contributed by atoms with Gasteiger partial charge in [0.1, 0.15) is 0 Å². The first-order chi connectivity index (χ1) is 11.1. The molecule has 6 heteroatoms. The predicted molar refractivity (Wildman–Crippen MR) is 87.2 cm³/mol. The molecule has 23 heavy (non-hydrogen) atoms. The molecule has 0 spiro atoms. The van der Waals surface area contributed by atoms with E-state index < -0.39 is 0 Å². The summed E-state index contributed by atoms with van der Waals surface area (Å²) in [6.45, 7) is 4.32. The van der Waals surface area contributed by atoms with Crippen LogP contribution in [0.4, 0.5) is 0 Å². The van der Waals surface area contributed by atoms with E-state index in [-0.39, 0.29) is 30.6 Å². The largest absolute Gasteiger partial charge is 0.493 e. The first-order valence-corrected chi connectivity index (χ1v) is 7.82. The van der Waals surface area contributed by atoms with Gasteiger partial charge in [0.05, 0.1) is 14.2 Å². The van der Waals surface area contributed by atoms with Gasteiger partial charge in [-0.05, 0) is 25.1 Å². The Morgan fingerprint density at radius 2 is 1.96 bits per heavy atom. The van der Waals surface area contributed by atoms with Crippen LogP contribution in [0.2, 0.25) is 0 Å². The first-order valence-electron chi connectivity index (χ1n) is 7.82. The number of hydrogen-bond donors (Lipinski definition) is 1. The topological polar surface area (TPSA) is 67.9 Å². The van der Waals surface area contributed by atoms with E-state index in [0.29, 0.717) is 23.6 Å². The maximum absolute atomic E-state index is 12.3. The summed E-state index contributed by atoms with van der Waals surface area (Å²) in [7, 11) is 3.08. The number of Topliss-reactive ketones (excluding diaryl/α,β-unsaturated/α-hetero) is 1. The molecular formula is C17H24N2O4. The highest BCUT2D eigenvalue weighted by molar-refractivity contribution is 5.98. The molecule has 126 valence electrons. The highest BCUT2D eigenvalue weighted by Gasteiger charge is 2.23. The molecule has 0 saturated carbocycles. The number of carbonyl (C=O) groups excluding carboxylic acids is 2. The van der Waals surface area contributed by atoms with E-state index in [0.717, 1.165) is 13.1 Å². The predicted octanol–water partition coefficient (Wildman–Crippen LogP) is 1.49. The molecule has 1 amide bonds. The van der Waals surface area contributed by atoms with Gasteiger partial charge in [-0.25, -0.2) is 0 Å². The Kier molecular flexibility index (Phi) is 5.98. The highest BCUT2D eigenvalue weighted by Crippen LogP contribution is 2.28. The van der Waals surface area contributed by atoms with Crippen molar-refractivity contribution in [1.29, 1.82) is 0 Å². The molecule has 0 aliphatic carbocycles. The second kappa shape index (κ2) is 7.97. The molecule has 1 aromatic rings. The first kappa shape index (κ1) is 17.3. The van der Waals surface area contributed by atoms with E-state index >= 15 is 0 Å². The number of methoxy groups -OCH3 is 2. The summed E-state index contributed by atoms with van der Waals surface area (Å²) in [4.78, 5) is 26.4. The second-order valence-corrected chi connectivity index (χ2v) is 5.63. The van der Waals surface area contributed by atoms with Crippen molar-refractivity contribution in [2.45, 2.75) is 25.8 Å². The Hall–Kier alpha value is -2.08. The molecule has 2 rings (SSSR count). The number of nitrogens with one attached hydrogen (secondary N) is 1. The Labute approximate surface area is 136 Å². The number of hydrogen-bond acceptors (Lipinski definition) is 5. The molecule has 1 N–H and O–H groups in total. The molecule has 6 nitrogen and oxygen atoms in total. The minimum atomic E-state index is -0.0675. The van der Waals surface area contributed by atoms with E-state index in [1.807, 2.05) is 11.8 Å². The minimum absolute atomic E-state index is 0.0350. The lowest BCUT2D eigenvalue weighted by Crippen LogP contribution is -2.52. The van der Waals surface area contributed by atoms with Crippen LogP contribution in [0.25, 0.3) is 0 Å². The van der Waals surface area contributed by atoms with Crippen LogP contribution >= 0.6 is 0 Å². The summed E-state index contributed by atoms with van der Waals surface area (Å²) < 4.78 is 10.4. The summed E-state index contributed by atoms with van der Waals surface area (Å²) in [5.74, 6) is 1.06. The van der Waals surface area contributed by atoms with Gasteiger partial charge < -0.3 is 19.7 Å². The van der Waals surface area contributed by atoms with E-state index in [1.54, 1.807) is 25.3 Å². The average molecular weight is 320 g/mol. The molecule has 0 aromatic heterocycles. The fourth-order valence-corrected chi connectivity index (χ4v) is 2.73. The minimum Gasteiger partial charge on any atom is -0.493 e. The summed E-state index contributed by atoms with van der Waals surface area (Å²) in [6.07, 6.45) is 0.433. The molecule has 1 aromatic carbocycles. The fourth-order valence-electron chi connectivity index (χ4n) is 2.73. The smallest absolute Gasteiger partial charge is 0.223 e. The zero-order valence-corrected chi connectivity index (χ0v) is 13.9. The number of ether oxygens (including phenoxy) is 2. The standard InChI is InChI=1S/C17H24N2O4/c1-12-11-18-8-9-19(12)17(21)7-5-14(20)13-4-6-15(22-2)16(10-13)23-3/h4,6,10,12,18H,5,7-9,11H2,1-3H3/t12-/m1/s1. The van der Waals surface area contributed by atoms with Gasteiger partial charge in [-0.1, -0.05) is 0 Å². The molecule has 0 bridgehead atoms. The van der Waals surface area contributed by atoms with Gasteiger partial charge in [0.15, 0.2) is 17.3 Å². The Morgan fingerprint density at radius 3 is 2.61 bits per heavy atom. The number of ketones is 1. The van der Waals surface area contributed by atoms with Crippen LogP contribution in [0.5, 0.6) is 11.5 Å². The van der Waals surface area contributed by atoms with Gasteiger partial charge in [-0.3, -0.25) is 9.59 Å². The van der Waals surface area contributed by atoms with E-state index in [9.17, 15) is 9.59 Å². The highest BCUT2D eigenvalue weighted by atomic mass is 16.5. The van der Waals surface area contributed by atoms with Crippen LogP contribution in [0.3, 0.4) is 0 Å². The number of amides is 1. The third kappa shape index (κ3) is 4.22. The number of rotatable bonds is 6. The Morgan fingerprint density at radius 1 is 1.22 bits per heavy atom. The molecular weight excluding hydrogens is 296 g/mol. The number of nitrogens with zero attached hydrogens (tertiary/aromatic N) is 1. The molecule has 1 aliphatic rings. The number of piperazine rings is 1. The Balaban J connectivity index is 1.95. The number of benzene rings is 1. The van der Waals surface area contributed by atoms with Crippen molar-refractivity contribution in [3.05, 3.63) is 23.8 Å². The normalized spacial score (nSPS) is 17.7. The SMILES string of the molecule is COc1ccc(C(=O)CCC(=O)N2CCNC[C@H]2C)cc1OC. The fraction of sp³-hybridized carbons (Fsp3) is 0.529. The van der Waals surface area contributed by atoms with Gasteiger partial charge in [-0.2, -0.15) is 0 Å². The van der Waals surface area contributed by atoms with Crippen LogP contribution in [0.15, 0.2) is 18.2 Å². The average Bonchev–Trinajstić information content (AvgIpc) is 2.59. The summed E-state index contributed by atoms with van der Waals surface area (Å²) >= 11 is 0. The van der Waals surface area contributed by atoms with Crippen LogP contribution in [-0.2, 0) is 4.79 Å². The van der Waals surface area contributed by atoms with Crippen LogP contribution in [0.1, 0.15) is 30.1 Å². The van der Waals surface area contributed by atoms with Crippen LogP contribution in [0, 0.1) is 0 Å². The monoisotopic (exact) mass is 320 g/mol. The Bertz CT molecular complexity index is 574. The van der Waals surface area contributed by atoms with Crippen molar-refractivity contribution >= 4 is 11.7 Å². The van der Waals surface area contributed by atoms with Crippen molar-refractivity contribution in [2.24, 2.45) is 0 Å². The summed E-state index contributed by atoms with van der Waals surface area (Å²) in [5.41, 5.74) is 0.531. The van der Waals surface area contributed by atoms with Crippen molar-refractivity contribution < 1.29 is 19.1 Å². The molecule has 1 heterocycles. The van der Waals surface area contributed by atoms with Gasteiger partial charge >= 0.3 is 0 Å². The summed E-state index contributed by atoms with van der Waals surface area (Å²) in [6, 6.07) is 5.22. The van der Waals surface area contributed by atoms with E-state index in [4.69, 9.17) is 9.47 Å². The van der Waals surface area contributed by atoms with Gasteiger partial charge in [-0.15, -0.1) is 0 Å². The maximum Gasteiger partial charge on any atom is 0.223 e. The van der Waals surface area contributed by atoms with Gasteiger partial charge in [0.25, 0.3) is 0 Å². The van der Waals surface area contributed by atoms with Crippen molar-refractivity contribution in [3.63, 3.8) is 0 Å². The number of carbonyl (C=O) groups is 2. The molecule has 0 unspecified atom stereocenters. The lowest BCUT2D eigenvalue weighted by Gasteiger charge is -2.34. The molecule has 1 aliphatic heterocycles. The third-order valence-corrected chi connectivity index (χ3v) is 4.09. The van der Waals surface area contributed by atoms with Crippen molar-refractivity contribution in [1.82, 2.24) is 10.2 Å². The zero-order valence-electron chi connectivity index (χ0n) is 13.9. The molecule has 0 radical (unpaired) electrons. The van der Waals surface area contributed by atoms with Gasteiger partial charge in [0.2, 0.25) is 5.91 Å². The second-order valence-electron chi connectivity index (χ2n) is 5.63. The van der Waals surface area contributed by atoms with E-state index in [2.05, 4.69) is 5.32 Å². The lowest BCUT2D eigenvalue weighted by molar-refractivity contribution is -0.133. The molecule has 1 fully saturated rings. The quantitative estimate of drug-likeness (QED) is 0.804. The lowest BCUT2D eigenvalue weighted by atomic mass is 10.0. The van der Waals surface area contributed by atoms with Crippen LogP contribution < -0.4 is 14.8 Å². The molecule has 1 atom stereocenters. The summed E-state index contributed by atoms with van der Waals surface area (Å²) in [5, 5.41) is 3.25. The van der Waals surface area contributed by atoms with Gasteiger partial charge in [0, 0.05) is 44.1 Å². The molecule has 1 saturated heterocycles. The maximum atomic E-state index is 12.3. The van der Waals surface area contributed by atoms with Crippen LogP contribution in [-0.4, -0.2) is 56.5 Å².